The summed E-state index contributed by atoms with van der Waals surface area (Å²) in [5, 5.41) is 11.4. The number of hydrogen-bond acceptors (Lipinski definition) is 7. The lowest BCUT2D eigenvalue weighted by Crippen LogP contribution is -2.17. The van der Waals surface area contributed by atoms with E-state index in [4.69, 9.17) is 27.5 Å². The van der Waals surface area contributed by atoms with Gasteiger partial charge in [0.15, 0.2) is 5.65 Å². The molecule has 6 aromatic rings. The van der Waals surface area contributed by atoms with Gasteiger partial charge in [0.2, 0.25) is 0 Å². The molecule has 39 heavy (non-hydrogen) atoms. The Morgan fingerprint density at radius 1 is 1.03 bits per heavy atom. The van der Waals surface area contributed by atoms with Gasteiger partial charge in [-0.15, -0.1) is 13.2 Å². The van der Waals surface area contributed by atoms with E-state index in [1.807, 2.05) is 25.1 Å². The molecule has 2 N–H and O–H groups in total. The largest absolute Gasteiger partial charge is 0.573 e. The fourth-order valence-corrected chi connectivity index (χ4v) is 4.69. The molecule has 6 rings (SSSR count). The normalized spacial score (nSPS) is 12.7. The molecular formula is C26H18ClF3N8O. The molecule has 4 aromatic heterocycles. The number of aromatic nitrogens is 7. The predicted molar refractivity (Wildman–Crippen MR) is 140 cm³/mol. The second-order valence-corrected chi connectivity index (χ2v) is 9.11. The van der Waals surface area contributed by atoms with E-state index < -0.39 is 12.4 Å². The molecule has 0 aliphatic heterocycles. The molecule has 0 spiro atoms. The Hall–Kier alpha value is -4.71. The standard InChI is InChI=1S/C26H18ClF3N8O/c1-14(22-19-8-7-16(27)11-20(19)38(35-22)17-5-3-9-32-12-17)37-25-21(24(31)33-13-34-25)23(36-37)15-4-2-6-18(10-15)39-26(28,29)30/h2-14H,1H3,(H2,31,33,34). The summed E-state index contributed by atoms with van der Waals surface area (Å²) in [6, 6.07) is 14.2. The second-order valence-electron chi connectivity index (χ2n) is 8.67. The van der Waals surface area contributed by atoms with Gasteiger partial charge in [0.25, 0.3) is 0 Å². The first-order chi connectivity index (χ1) is 18.7. The summed E-state index contributed by atoms with van der Waals surface area (Å²) in [6.07, 6.45) is -0.176. The molecule has 1 atom stereocenters. The predicted octanol–water partition coefficient (Wildman–Crippen LogP) is 5.97. The van der Waals surface area contributed by atoms with E-state index in [1.54, 1.807) is 40.0 Å². The summed E-state index contributed by atoms with van der Waals surface area (Å²) in [6.45, 7) is 1.89. The molecule has 0 aliphatic carbocycles. The van der Waals surface area contributed by atoms with Crippen LogP contribution in [0.15, 0.2) is 73.3 Å². The van der Waals surface area contributed by atoms with Crippen molar-refractivity contribution in [2.24, 2.45) is 0 Å². The Morgan fingerprint density at radius 3 is 2.64 bits per heavy atom. The van der Waals surface area contributed by atoms with Crippen molar-refractivity contribution in [1.82, 2.24) is 34.5 Å². The lowest BCUT2D eigenvalue weighted by Gasteiger charge is -2.11. The zero-order chi connectivity index (χ0) is 27.3. The summed E-state index contributed by atoms with van der Waals surface area (Å²) in [4.78, 5) is 12.7. The SMILES string of the molecule is CC(c1nn(-c2cccnc2)c2cc(Cl)ccc12)n1nc(-c2cccc(OC(F)(F)F)c2)c2c(N)ncnc21. The molecule has 9 nitrogen and oxygen atoms in total. The lowest BCUT2D eigenvalue weighted by atomic mass is 10.1. The van der Waals surface area contributed by atoms with Crippen molar-refractivity contribution in [2.45, 2.75) is 19.3 Å². The highest BCUT2D eigenvalue weighted by Gasteiger charge is 2.31. The maximum absolute atomic E-state index is 12.9. The number of halogens is 4. The van der Waals surface area contributed by atoms with E-state index in [0.29, 0.717) is 33.0 Å². The number of nitrogens with two attached hydrogens (primary N) is 1. The number of anilines is 1. The third-order valence-corrected chi connectivity index (χ3v) is 6.42. The van der Waals surface area contributed by atoms with Crippen LogP contribution in [0, 0.1) is 0 Å². The zero-order valence-electron chi connectivity index (χ0n) is 20.1. The molecule has 0 aliphatic rings. The Morgan fingerprint density at radius 2 is 1.87 bits per heavy atom. The van der Waals surface area contributed by atoms with Gasteiger partial charge in [-0.05, 0) is 49.4 Å². The molecule has 0 radical (unpaired) electrons. The number of fused-ring (bicyclic) bond motifs is 2. The Bertz CT molecular complexity index is 1830. The van der Waals surface area contributed by atoms with Crippen LogP contribution in [0.2, 0.25) is 5.02 Å². The Balaban J connectivity index is 1.53. The monoisotopic (exact) mass is 550 g/mol. The van der Waals surface area contributed by atoms with Crippen LogP contribution in [0.4, 0.5) is 19.0 Å². The van der Waals surface area contributed by atoms with Gasteiger partial charge >= 0.3 is 6.36 Å². The summed E-state index contributed by atoms with van der Waals surface area (Å²) in [7, 11) is 0. The third-order valence-electron chi connectivity index (χ3n) is 6.18. The highest BCUT2D eigenvalue weighted by Crippen LogP contribution is 2.37. The number of hydrogen-bond donors (Lipinski definition) is 1. The topological polar surface area (TPSA) is 110 Å². The summed E-state index contributed by atoms with van der Waals surface area (Å²) < 4.78 is 46.1. The van der Waals surface area contributed by atoms with Crippen molar-refractivity contribution in [3.8, 4) is 22.7 Å². The maximum atomic E-state index is 12.9. The molecule has 196 valence electrons. The van der Waals surface area contributed by atoms with Gasteiger partial charge in [-0.3, -0.25) is 4.98 Å². The molecule has 0 saturated heterocycles. The average Bonchev–Trinajstić information content (AvgIpc) is 3.48. The van der Waals surface area contributed by atoms with Crippen molar-refractivity contribution in [3.05, 3.63) is 84.0 Å². The molecule has 4 heterocycles. The molecule has 13 heteroatoms. The molecule has 0 amide bonds. The second kappa shape index (κ2) is 9.24. The number of pyridine rings is 1. The van der Waals surface area contributed by atoms with E-state index in [0.717, 1.165) is 16.6 Å². The first kappa shape index (κ1) is 24.6. The van der Waals surface area contributed by atoms with Crippen LogP contribution >= 0.6 is 11.6 Å². The minimum atomic E-state index is -4.84. The number of nitrogen functional groups attached to an aromatic ring is 1. The van der Waals surface area contributed by atoms with Crippen molar-refractivity contribution in [1.29, 1.82) is 0 Å². The van der Waals surface area contributed by atoms with Gasteiger partial charge in [-0.2, -0.15) is 10.2 Å². The molecule has 2 aromatic carbocycles. The van der Waals surface area contributed by atoms with Crippen molar-refractivity contribution in [2.75, 3.05) is 5.73 Å². The fourth-order valence-electron chi connectivity index (χ4n) is 4.52. The van der Waals surface area contributed by atoms with Crippen molar-refractivity contribution in [3.63, 3.8) is 0 Å². The van der Waals surface area contributed by atoms with Gasteiger partial charge in [-0.1, -0.05) is 23.7 Å². The van der Waals surface area contributed by atoms with E-state index >= 15 is 0 Å². The highest BCUT2D eigenvalue weighted by molar-refractivity contribution is 6.31. The maximum Gasteiger partial charge on any atom is 0.573 e. The summed E-state index contributed by atoms with van der Waals surface area (Å²) in [5.74, 6) is -0.252. The minimum absolute atomic E-state index is 0.133. The van der Waals surface area contributed by atoms with Crippen LogP contribution in [0.5, 0.6) is 5.75 Å². The highest BCUT2D eigenvalue weighted by atomic mass is 35.5. The quantitative estimate of drug-likeness (QED) is 0.281. The number of benzene rings is 2. The van der Waals surface area contributed by atoms with Crippen LogP contribution in [0.25, 0.3) is 38.9 Å². The Labute approximate surface area is 223 Å². The first-order valence-electron chi connectivity index (χ1n) is 11.6. The van der Waals surface area contributed by atoms with Gasteiger partial charge in [0.05, 0.1) is 34.5 Å². The molecular weight excluding hydrogens is 533 g/mol. The minimum Gasteiger partial charge on any atom is -0.406 e. The van der Waals surface area contributed by atoms with Crippen molar-refractivity contribution >= 4 is 39.4 Å². The van der Waals surface area contributed by atoms with Crippen LogP contribution < -0.4 is 10.5 Å². The van der Waals surface area contributed by atoms with E-state index in [-0.39, 0.29) is 11.6 Å². The average molecular weight is 551 g/mol. The lowest BCUT2D eigenvalue weighted by molar-refractivity contribution is -0.274. The fraction of sp³-hybridized carbons (Fsp3) is 0.115. The van der Waals surface area contributed by atoms with E-state index in [1.165, 1.54) is 24.5 Å². The van der Waals surface area contributed by atoms with Gasteiger partial charge in [-0.25, -0.2) is 19.3 Å². The molecule has 0 fully saturated rings. The number of rotatable bonds is 5. The Kier molecular flexibility index (Phi) is 5.83. The van der Waals surface area contributed by atoms with E-state index in [2.05, 4.69) is 19.7 Å². The molecule has 0 saturated carbocycles. The van der Waals surface area contributed by atoms with E-state index in [9.17, 15) is 13.2 Å². The first-order valence-corrected chi connectivity index (χ1v) is 12.0. The van der Waals surface area contributed by atoms with Crippen LogP contribution in [0.1, 0.15) is 18.7 Å². The molecule has 0 bridgehead atoms. The summed E-state index contributed by atoms with van der Waals surface area (Å²) in [5.41, 5.74) is 9.43. The number of alkyl halides is 3. The third kappa shape index (κ3) is 4.48. The summed E-state index contributed by atoms with van der Waals surface area (Å²) >= 11 is 6.32. The van der Waals surface area contributed by atoms with Crippen LogP contribution in [-0.4, -0.2) is 40.9 Å². The number of nitrogens with zero attached hydrogens (tertiary/aromatic N) is 7. The molecule has 1 unspecified atom stereocenters. The van der Waals surface area contributed by atoms with Crippen LogP contribution in [-0.2, 0) is 0 Å². The zero-order valence-corrected chi connectivity index (χ0v) is 20.9. The number of ether oxygens (including phenoxy) is 1. The van der Waals surface area contributed by atoms with Crippen molar-refractivity contribution < 1.29 is 17.9 Å². The van der Waals surface area contributed by atoms with Crippen LogP contribution in [0.3, 0.4) is 0 Å². The smallest absolute Gasteiger partial charge is 0.406 e. The van der Waals surface area contributed by atoms with Gasteiger partial charge in [0.1, 0.15) is 23.6 Å². The van der Waals surface area contributed by atoms with Gasteiger partial charge < -0.3 is 10.5 Å². The van der Waals surface area contributed by atoms with Gasteiger partial charge in [0, 0.05) is 22.2 Å².